The summed E-state index contributed by atoms with van der Waals surface area (Å²) in [5.74, 6) is 0.706. The van der Waals surface area contributed by atoms with Crippen molar-refractivity contribution in [3.63, 3.8) is 0 Å². The molecule has 0 fully saturated rings. The van der Waals surface area contributed by atoms with Crippen molar-refractivity contribution in [2.45, 2.75) is 5.41 Å². The molecule has 8 aromatic carbocycles. The van der Waals surface area contributed by atoms with E-state index in [1.165, 1.54) is 70.6 Å². The fraction of sp³-hybridized carbons (Fsp3) is 0.0182. The summed E-state index contributed by atoms with van der Waals surface area (Å²) in [6, 6.07) is 74.7. The average Bonchev–Trinajstić information content (AvgIpc) is 3.93. The van der Waals surface area contributed by atoms with Crippen LogP contribution >= 0.6 is 11.3 Å². The summed E-state index contributed by atoms with van der Waals surface area (Å²) in [5.41, 5.74) is 18.6. The van der Waals surface area contributed by atoms with Crippen molar-refractivity contribution in [2.75, 3.05) is 0 Å². The van der Waals surface area contributed by atoms with E-state index in [2.05, 4.69) is 200 Å². The zero-order valence-corrected chi connectivity index (χ0v) is 32.2. The van der Waals surface area contributed by atoms with Crippen molar-refractivity contribution in [2.24, 2.45) is 0 Å². The molecule has 58 heavy (non-hydrogen) atoms. The lowest BCUT2D eigenvalue weighted by Gasteiger charge is -2.30. The van der Waals surface area contributed by atoms with Crippen molar-refractivity contribution in [3.8, 4) is 77.7 Å². The molecule has 2 heterocycles. The molecule has 1 unspecified atom stereocenters. The SMILES string of the molecule is c1ccc(-c2ccc(-c3cc(-c4ccccc4-c4cccc5c4-c4ccccc4C54c5ccccc5-c5sc6ccccc6c54)nc(-c4ccccc4)n3)cc2)cc1. The van der Waals surface area contributed by atoms with Gasteiger partial charge < -0.3 is 0 Å². The Labute approximate surface area is 341 Å². The maximum absolute atomic E-state index is 5.34. The van der Waals surface area contributed by atoms with E-state index in [4.69, 9.17) is 9.97 Å². The summed E-state index contributed by atoms with van der Waals surface area (Å²) < 4.78 is 1.33. The summed E-state index contributed by atoms with van der Waals surface area (Å²) in [5, 5.41) is 1.34. The third kappa shape index (κ3) is 4.78. The van der Waals surface area contributed by atoms with Crippen LogP contribution in [0.1, 0.15) is 22.3 Å². The summed E-state index contributed by atoms with van der Waals surface area (Å²) >= 11 is 1.92. The second-order valence-corrected chi connectivity index (χ2v) is 16.2. The first kappa shape index (κ1) is 33.0. The lowest BCUT2D eigenvalue weighted by atomic mass is 9.70. The van der Waals surface area contributed by atoms with E-state index < -0.39 is 5.41 Å². The molecule has 1 spiro atoms. The molecule has 0 saturated carbocycles. The van der Waals surface area contributed by atoms with Crippen LogP contribution in [0.4, 0.5) is 0 Å². The molecular formula is C55H34N2S. The van der Waals surface area contributed by atoms with Gasteiger partial charge in [0.25, 0.3) is 0 Å². The molecular weight excluding hydrogens is 721 g/mol. The van der Waals surface area contributed by atoms with Crippen LogP contribution in [-0.2, 0) is 5.41 Å². The zero-order valence-electron chi connectivity index (χ0n) is 31.4. The van der Waals surface area contributed by atoms with Gasteiger partial charge in [-0.15, -0.1) is 11.3 Å². The van der Waals surface area contributed by atoms with Crippen LogP contribution in [0.2, 0.25) is 0 Å². The molecule has 12 rings (SSSR count). The van der Waals surface area contributed by atoms with Crippen LogP contribution < -0.4 is 0 Å². The monoisotopic (exact) mass is 754 g/mol. The number of hydrogen-bond acceptors (Lipinski definition) is 3. The number of fused-ring (bicyclic) bond motifs is 12. The molecule has 0 radical (unpaired) electrons. The van der Waals surface area contributed by atoms with Gasteiger partial charge in [-0.2, -0.15) is 0 Å². The molecule has 2 aliphatic rings. The van der Waals surface area contributed by atoms with E-state index in [0.29, 0.717) is 5.82 Å². The smallest absolute Gasteiger partial charge is 0.160 e. The fourth-order valence-electron chi connectivity index (χ4n) is 9.72. The van der Waals surface area contributed by atoms with Gasteiger partial charge in [-0.1, -0.05) is 194 Å². The lowest BCUT2D eigenvalue weighted by molar-refractivity contribution is 0.803. The Morgan fingerprint density at radius 2 is 0.897 bits per heavy atom. The maximum Gasteiger partial charge on any atom is 0.160 e. The van der Waals surface area contributed by atoms with Crippen molar-refractivity contribution >= 4 is 21.4 Å². The van der Waals surface area contributed by atoms with E-state index in [0.717, 1.165) is 33.6 Å². The minimum atomic E-state index is -0.434. The Balaban J connectivity index is 1.08. The molecule has 0 amide bonds. The molecule has 2 aliphatic carbocycles. The first-order valence-electron chi connectivity index (χ1n) is 19.8. The fourth-order valence-corrected chi connectivity index (χ4v) is 11.0. The molecule has 0 saturated heterocycles. The first-order chi connectivity index (χ1) is 28.8. The third-order valence-corrected chi connectivity index (χ3v) is 13.4. The van der Waals surface area contributed by atoms with Crippen molar-refractivity contribution in [1.29, 1.82) is 0 Å². The van der Waals surface area contributed by atoms with Gasteiger partial charge in [0.1, 0.15) is 0 Å². The van der Waals surface area contributed by atoms with E-state index >= 15 is 0 Å². The van der Waals surface area contributed by atoms with Crippen LogP contribution in [0.15, 0.2) is 206 Å². The van der Waals surface area contributed by atoms with Crippen LogP contribution in [-0.4, -0.2) is 9.97 Å². The van der Waals surface area contributed by atoms with Gasteiger partial charge in [-0.05, 0) is 78.7 Å². The molecule has 0 bridgehead atoms. The molecule has 3 heteroatoms. The van der Waals surface area contributed by atoms with Crippen molar-refractivity contribution in [3.05, 3.63) is 229 Å². The number of thiophene rings is 1. The van der Waals surface area contributed by atoms with Gasteiger partial charge in [0, 0.05) is 26.3 Å². The molecule has 0 N–H and O–H groups in total. The topological polar surface area (TPSA) is 25.8 Å². The summed E-state index contributed by atoms with van der Waals surface area (Å²) in [7, 11) is 0. The summed E-state index contributed by atoms with van der Waals surface area (Å²) in [6.07, 6.45) is 0. The Morgan fingerprint density at radius 1 is 0.362 bits per heavy atom. The van der Waals surface area contributed by atoms with E-state index in [-0.39, 0.29) is 0 Å². The highest BCUT2D eigenvalue weighted by Gasteiger charge is 2.53. The van der Waals surface area contributed by atoms with Crippen LogP contribution in [0.3, 0.4) is 0 Å². The maximum atomic E-state index is 5.34. The number of hydrogen-bond donors (Lipinski definition) is 0. The predicted molar refractivity (Wildman–Crippen MR) is 241 cm³/mol. The summed E-state index contributed by atoms with van der Waals surface area (Å²) in [4.78, 5) is 11.9. The number of rotatable bonds is 5. The van der Waals surface area contributed by atoms with E-state index in [1.54, 1.807) is 0 Å². The molecule has 10 aromatic rings. The highest BCUT2D eigenvalue weighted by molar-refractivity contribution is 7.22. The average molecular weight is 755 g/mol. The second kappa shape index (κ2) is 12.9. The van der Waals surface area contributed by atoms with Gasteiger partial charge in [0.2, 0.25) is 0 Å². The molecule has 2 aromatic heterocycles. The Bertz CT molecular complexity index is 3220. The quantitative estimate of drug-likeness (QED) is 0.175. The van der Waals surface area contributed by atoms with Gasteiger partial charge in [-0.3, -0.25) is 0 Å². The second-order valence-electron chi connectivity index (χ2n) is 15.2. The Kier molecular flexibility index (Phi) is 7.35. The highest BCUT2D eigenvalue weighted by Crippen LogP contribution is 2.67. The normalized spacial score (nSPS) is 14.6. The van der Waals surface area contributed by atoms with E-state index in [1.807, 2.05) is 17.4 Å². The Morgan fingerprint density at radius 3 is 1.67 bits per heavy atom. The van der Waals surface area contributed by atoms with Crippen LogP contribution in [0.5, 0.6) is 0 Å². The number of benzene rings is 8. The third-order valence-electron chi connectivity index (χ3n) is 12.2. The van der Waals surface area contributed by atoms with Gasteiger partial charge in [0.05, 0.1) is 16.8 Å². The standard InChI is InChI=1S/C55H34N2S/c1-3-16-35(17-4-1)36-30-32-37(33-31-36)48-34-49(57-54(56-48)38-18-5-2-6-19-38)40-21-8-7-20-39(40)41-25-15-28-47-51(41)42-22-9-12-26-45(42)55(47)46-27-13-10-23-43(46)53-52(55)44-24-11-14-29-50(44)58-53/h1-34H. The summed E-state index contributed by atoms with van der Waals surface area (Å²) in [6.45, 7) is 0. The van der Waals surface area contributed by atoms with Crippen LogP contribution in [0, 0.1) is 0 Å². The van der Waals surface area contributed by atoms with E-state index in [9.17, 15) is 0 Å². The number of aromatic nitrogens is 2. The van der Waals surface area contributed by atoms with Crippen molar-refractivity contribution < 1.29 is 0 Å². The van der Waals surface area contributed by atoms with Gasteiger partial charge in [-0.25, -0.2) is 9.97 Å². The molecule has 2 nitrogen and oxygen atoms in total. The highest BCUT2D eigenvalue weighted by atomic mass is 32.1. The molecule has 1 atom stereocenters. The molecule has 0 aliphatic heterocycles. The predicted octanol–water partition coefficient (Wildman–Crippen LogP) is 14.4. The number of nitrogens with zero attached hydrogens (tertiary/aromatic N) is 2. The minimum absolute atomic E-state index is 0.434. The largest absolute Gasteiger partial charge is 0.228 e. The van der Waals surface area contributed by atoms with Crippen LogP contribution in [0.25, 0.3) is 87.8 Å². The molecule has 270 valence electrons. The Hall–Kier alpha value is -7.20. The minimum Gasteiger partial charge on any atom is -0.228 e. The zero-order chi connectivity index (χ0) is 38.2. The van der Waals surface area contributed by atoms with Crippen molar-refractivity contribution in [1.82, 2.24) is 9.97 Å². The first-order valence-corrected chi connectivity index (χ1v) is 20.6. The van der Waals surface area contributed by atoms with Gasteiger partial charge in [0.15, 0.2) is 5.82 Å². The van der Waals surface area contributed by atoms with Gasteiger partial charge >= 0.3 is 0 Å². The lowest BCUT2D eigenvalue weighted by Crippen LogP contribution is -2.25.